The van der Waals surface area contributed by atoms with Crippen LogP contribution in [0.2, 0.25) is 5.02 Å². The van der Waals surface area contributed by atoms with E-state index in [4.69, 9.17) is 26.8 Å². The minimum absolute atomic E-state index is 0.00355. The van der Waals surface area contributed by atoms with Gasteiger partial charge >= 0.3 is 0 Å². The van der Waals surface area contributed by atoms with Gasteiger partial charge in [-0.25, -0.2) is 4.39 Å². The zero-order valence-corrected chi connectivity index (χ0v) is 23.6. The maximum absolute atomic E-state index is 14.5. The molecule has 4 aromatic rings. The molecule has 2 heterocycles. The van der Waals surface area contributed by atoms with Crippen LogP contribution in [0.15, 0.2) is 60.9 Å². The first-order valence-electron chi connectivity index (χ1n) is 13.3. The van der Waals surface area contributed by atoms with Crippen molar-refractivity contribution in [1.29, 1.82) is 0 Å². The molecule has 10 heteroatoms. The molecule has 1 aliphatic rings. The molecule has 0 aliphatic carbocycles. The Balaban J connectivity index is 1.29. The third-order valence-electron chi connectivity index (χ3n) is 7.21. The lowest BCUT2D eigenvalue weighted by Crippen LogP contribution is -2.38. The van der Waals surface area contributed by atoms with E-state index >= 15 is 0 Å². The highest BCUT2D eigenvalue weighted by Crippen LogP contribution is 2.41. The second-order valence-electron chi connectivity index (χ2n) is 9.88. The van der Waals surface area contributed by atoms with Crippen molar-refractivity contribution < 1.29 is 23.5 Å². The molecule has 2 N–H and O–H groups in total. The lowest BCUT2D eigenvalue weighted by molar-refractivity contribution is -0.119. The van der Waals surface area contributed by atoms with Gasteiger partial charge in [0.1, 0.15) is 18.2 Å². The van der Waals surface area contributed by atoms with Crippen LogP contribution in [0.3, 0.4) is 0 Å². The average molecular weight is 577 g/mol. The Morgan fingerprint density at radius 3 is 2.76 bits per heavy atom. The predicted molar refractivity (Wildman–Crippen MR) is 155 cm³/mol. The number of ether oxygens (including phenoxy) is 2. The van der Waals surface area contributed by atoms with Gasteiger partial charge in [-0.05, 0) is 55.7 Å². The van der Waals surface area contributed by atoms with Crippen LogP contribution < -0.4 is 20.1 Å². The quantitative estimate of drug-likeness (QED) is 0.258. The normalized spacial score (nSPS) is 12.5. The van der Waals surface area contributed by atoms with Crippen molar-refractivity contribution in [2.75, 3.05) is 24.7 Å². The van der Waals surface area contributed by atoms with Gasteiger partial charge < -0.3 is 20.1 Å². The fourth-order valence-electron chi connectivity index (χ4n) is 4.84. The Bertz CT molecular complexity index is 1620. The molecule has 3 aromatic carbocycles. The first kappa shape index (κ1) is 28.2. The second kappa shape index (κ2) is 12.0. The summed E-state index contributed by atoms with van der Waals surface area (Å²) < 4.78 is 28.0. The molecule has 0 atom stereocenters. The number of carbonyl (C=O) groups is 2. The molecule has 0 fully saturated rings. The summed E-state index contributed by atoms with van der Waals surface area (Å²) in [5.41, 5.74) is 9.94. The van der Waals surface area contributed by atoms with E-state index in [9.17, 15) is 14.0 Å². The molecule has 0 spiro atoms. The van der Waals surface area contributed by atoms with Crippen LogP contribution >= 0.6 is 11.6 Å². The summed E-state index contributed by atoms with van der Waals surface area (Å²) in [6, 6.07) is 14.0. The van der Waals surface area contributed by atoms with Crippen LogP contribution in [0.25, 0.3) is 11.1 Å². The van der Waals surface area contributed by atoms with Gasteiger partial charge in [0.25, 0.3) is 0 Å². The molecule has 0 saturated carbocycles. The Hall–Kier alpha value is -4.37. The number of hydrogen-bond acceptors (Lipinski definition) is 5. The SMILES string of the molecule is Cc1cccc(OCCCC(=O)N2CCOc3c(-c4cnn(Cc5c(F)ccc(C(N)=O)c5Cl)c4)cccc32)c1C. The van der Waals surface area contributed by atoms with E-state index < -0.39 is 11.7 Å². The molecule has 212 valence electrons. The van der Waals surface area contributed by atoms with Crippen LogP contribution in [0, 0.1) is 19.7 Å². The summed E-state index contributed by atoms with van der Waals surface area (Å²) in [4.78, 5) is 26.6. The smallest absolute Gasteiger partial charge is 0.250 e. The number of hydrogen-bond donors (Lipinski definition) is 1. The molecule has 41 heavy (non-hydrogen) atoms. The topological polar surface area (TPSA) is 99.7 Å². The number of aryl methyl sites for hydroxylation is 1. The number of aromatic nitrogens is 2. The fourth-order valence-corrected chi connectivity index (χ4v) is 5.15. The van der Waals surface area contributed by atoms with Gasteiger partial charge in [-0.1, -0.05) is 35.9 Å². The van der Waals surface area contributed by atoms with Gasteiger partial charge in [-0.15, -0.1) is 0 Å². The Labute approximate surface area is 242 Å². The van der Waals surface area contributed by atoms with E-state index in [1.165, 1.54) is 10.7 Å². The van der Waals surface area contributed by atoms with Gasteiger partial charge in [-0.3, -0.25) is 14.3 Å². The zero-order chi connectivity index (χ0) is 29.1. The first-order chi connectivity index (χ1) is 19.7. The van der Waals surface area contributed by atoms with Crippen molar-refractivity contribution >= 4 is 29.1 Å². The Kier molecular flexibility index (Phi) is 8.26. The molecular weight excluding hydrogens is 547 g/mol. The van der Waals surface area contributed by atoms with Gasteiger partial charge in [0, 0.05) is 29.3 Å². The molecule has 0 bridgehead atoms. The molecule has 1 aliphatic heterocycles. The van der Waals surface area contributed by atoms with E-state index in [0.717, 1.165) is 34.1 Å². The maximum atomic E-state index is 14.5. The monoisotopic (exact) mass is 576 g/mol. The third-order valence-corrected chi connectivity index (χ3v) is 7.64. The van der Waals surface area contributed by atoms with Gasteiger partial charge in [0.15, 0.2) is 5.75 Å². The van der Waals surface area contributed by atoms with E-state index in [1.54, 1.807) is 17.3 Å². The largest absolute Gasteiger partial charge is 0.493 e. The van der Waals surface area contributed by atoms with Crippen molar-refractivity contribution in [3.05, 3.63) is 94.0 Å². The predicted octanol–water partition coefficient (Wildman–Crippen LogP) is 5.69. The molecule has 0 radical (unpaired) electrons. The number of benzene rings is 3. The minimum atomic E-state index is -0.738. The Morgan fingerprint density at radius 1 is 1.15 bits per heavy atom. The molecule has 0 unspecified atom stereocenters. The number of fused-ring (bicyclic) bond motifs is 1. The summed E-state index contributed by atoms with van der Waals surface area (Å²) in [6.45, 7) is 5.30. The van der Waals surface area contributed by atoms with Crippen LogP contribution in [0.4, 0.5) is 10.1 Å². The van der Waals surface area contributed by atoms with Crippen LogP contribution in [0.5, 0.6) is 11.5 Å². The second-order valence-corrected chi connectivity index (χ2v) is 10.3. The van der Waals surface area contributed by atoms with Crippen molar-refractivity contribution in [3.63, 3.8) is 0 Å². The first-order valence-corrected chi connectivity index (χ1v) is 13.7. The van der Waals surface area contributed by atoms with E-state index in [2.05, 4.69) is 5.10 Å². The standard InChI is InChI=1S/C31H30ClFN4O4/c1-19-6-3-9-27(20(19)2)40-14-5-10-28(38)37-13-15-41-30-22(7-4-8-26(30)37)21-16-35-36(17-21)18-24-25(33)12-11-23(29(24)32)31(34)39/h3-4,6-9,11-12,16-17H,5,10,13-15,18H2,1-2H3,(H2,34,39). The van der Waals surface area contributed by atoms with Gasteiger partial charge in [0.2, 0.25) is 11.8 Å². The van der Waals surface area contributed by atoms with Crippen LogP contribution in [0.1, 0.15) is 39.9 Å². The number of halogens is 2. The summed E-state index contributed by atoms with van der Waals surface area (Å²) in [5.74, 6) is 0.110. The summed E-state index contributed by atoms with van der Waals surface area (Å²) in [5, 5.41) is 4.32. The zero-order valence-electron chi connectivity index (χ0n) is 22.8. The van der Waals surface area contributed by atoms with Crippen LogP contribution in [-0.2, 0) is 11.3 Å². The van der Waals surface area contributed by atoms with Crippen molar-refractivity contribution in [2.45, 2.75) is 33.2 Å². The van der Waals surface area contributed by atoms with Crippen molar-refractivity contribution in [3.8, 4) is 22.6 Å². The number of nitrogens with zero attached hydrogens (tertiary/aromatic N) is 3. The van der Waals surface area contributed by atoms with Crippen LogP contribution in [-0.4, -0.2) is 41.4 Å². The van der Waals surface area contributed by atoms with E-state index in [0.29, 0.717) is 44.0 Å². The lowest BCUT2D eigenvalue weighted by Gasteiger charge is -2.31. The summed E-state index contributed by atoms with van der Waals surface area (Å²) in [6.07, 6.45) is 4.29. The number of para-hydroxylation sites is 1. The molecule has 2 amide bonds. The highest BCUT2D eigenvalue weighted by Gasteiger charge is 2.26. The van der Waals surface area contributed by atoms with Gasteiger partial charge in [-0.2, -0.15) is 5.10 Å². The van der Waals surface area contributed by atoms with Crippen molar-refractivity contribution in [2.24, 2.45) is 5.73 Å². The highest BCUT2D eigenvalue weighted by molar-refractivity contribution is 6.34. The minimum Gasteiger partial charge on any atom is -0.493 e. The third kappa shape index (κ3) is 5.90. The van der Waals surface area contributed by atoms with Crippen molar-refractivity contribution in [1.82, 2.24) is 9.78 Å². The number of nitrogens with two attached hydrogens (primary N) is 1. The maximum Gasteiger partial charge on any atom is 0.250 e. The number of carbonyl (C=O) groups excluding carboxylic acids is 2. The number of amides is 2. The number of anilines is 1. The lowest BCUT2D eigenvalue weighted by atomic mass is 10.1. The molecular formula is C31H30ClFN4O4. The fraction of sp³-hybridized carbons (Fsp3) is 0.258. The molecule has 8 nitrogen and oxygen atoms in total. The Morgan fingerprint density at radius 2 is 1.95 bits per heavy atom. The number of rotatable bonds is 9. The summed E-state index contributed by atoms with van der Waals surface area (Å²) in [7, 11) is 0. The molecule has 0 saturated heterocycles. The summed E-state index contributed by atoms with van der Waals surface area (Å²) >= 11 is 6.27. The van der Waals surface area contributed by atoms with E-state index in [-0.39, 0.29) is 28.6 Å². The highest BCUT2D eigenvalue weighted by atomic mass is 35.5. The average Bonchev–Trinajstić information content (AvgIpc) is 3.43. The molecule has 5 rings (SSSR count). The van der Waals surface area contributed by atoms with Gasteiger partial charge in [0.05, 0.1) is 42.2 Å². The van der Waals surface area contributed by atoms with E-state index in [1.807, 2.05) is 50.2 Å². The number of primary amides is 1. The molecule has 1 aromatic heterocycles.